The molecule has 2 N–H and O–H groups in total. The van der Waals surface area contributed by atoms with E-state index in [0.29, 0.717) is 18.0 Å². The smallest absolute Gasteiger partial charge is 0.294 e. The molecule has 0 bridgehead atoms. The number of imide groups is 1. The molecule has 1 aliphatic rings. The monoisotopic (exact) mass is 439 g/mol. The molecule has 0 unspecified atom stereocenters. The van der Waals surface area contributed by atoms with Crippen LogP contribution < -0.4 is 5.32 Å². The number of fused-ring (bicyclic) bond motifs is 1. The number of nitrogens with one attached hydrogen (secondary N) is 2. The molecule has 1 saturated heterocycles. The predicted octanol–water partition coefficient (Wildman–Crippen LogP) is 4.22. The molecule has 1 fully saturated rings. The summed E-state index contributed by atoms with van der Waals surface area (Å²) in [5, 5.41) is 4.03. The highest BCUT2D eigenvalue weighted by Crippen LogP contribution is 2.32. The second-order valence-corrected chi connectivity index (χ2v) is 8.21. The molecule has 4 rings (SSSR count). The van der Waals surface area contributed by atoms with Gasteiger partial charge in [0.15, 0.2) is 0 Å². The summed E-state index contributed by atoms with van der Waals surface area (Å²) >= 11 is 6.69. The van der Waals surface area contributed by atoms with Gasteiger partial charge in [-0.2, -0.15) is 0 Å². The van der Waals surface area contributed by atoms with Crippen molar-refractivity contribution in [2.45, 2.75) is 6.42 Å². The number of H-pyrrole nitrogens is 1. The molecule has 30 heavy (non-hydrogen) atoms. The van der Waals surface area contributed by atoms with Crippen molar-refractivity contribution >= 4 is 57.4 Å². The van der Waals surface area contributed by atoms with Crippen LogP contribution in [0.25, 0.3) is 17.0 Å². The zero-order valence-corrected chi connectivity index (χ0v) is 17.4. The van der Waals surface area contributed by atoms with Crippen molar-refractivity contribution in [1.29, 1.82) is 0 Å². The molecule has 0 spiro atoms. The zero-order valence-electron chi connectivity index (χ0n) is 15.9. The lowest BCUT2D eigenvalue weighted by molar-refractivity contribution is -0.129. The first-order valence-electron chi connectivity index (χ1n) is 9.34. The summed E-state index contributed by atoms with van der Waals surface area (Å²) in [6.07, 6.45) is 4.19. The Labute approximate surface area is 182 Å². The summed E-state index contributed by atoms with van der Waals surface area (Å²) in [6.45, 7) is 0.119. The van der Waals surface area contributed by atoms with Gasteiger partial charge in [0.25, 0.3) is 11.1 Å². The van der Waals surface area contributed by atoms with Crippen LogP contribution >= 0.6 is 23.4 Å². The summed E-state index contributed by atoms with van der Waals surface area (Å²) in [4.78, 5) is 41.5. The second kappa shape index (κ2) is 8.77. The van der Waals surface area contributed by atoms with Crippen molar-refractivity contribution < 1.29 is 14.4 Å². The highest BCUT2D eigenvalue weighted by molar-refractivity contribution is 8.18. The van der Waals surface area contributed by atoms with Crippen molar-refractivity contribution in [2.24, 2.45) is 0 Å². The summed E-state index contributed by atoms with van der Waals surface area (Å²) in [6, 6.07) is 14.9. The lowest BCUT2D eigenvalue weighted by Gasteiger charge is -2.12. The highest BCUT2D eigenvalue weighted by Gasteiger charge is 2.36. The van der Waals surface area contributed by atoms with Gasteiger partial charge in [-0.25, -0.2) is 0 Å². The Bertz CT molecular complexity index is 1150. The molecule has 0 saturated carbocycles. The number of aromatic nitrogens is 1. The van der Waals surface area contributed by atoms with Crippen molar-refractivity contribution in [3.63, 3.8) is 0 Å². The molecule has 2 heterocycles. The highest BCUT2D eigenvalue weighted by atomic mass is 35.5. The summed E-state index contributed by atoms with van der Waals surface area (Å²) in [5.41, 5.74) is 2.90. The minimum absolute atomic E-state index is 0.286. The zero-order chi connectivity index (χ0) is 21.1. The molecule has 3 amide bonds. The molecule has 6 nitrogen and oxygen atoms in total. The molecule has 3 aromatic rings. The van der Waals surface area contributed by atoms with Crippen LogP contribution in [0, 0.1) is 0 Å². The molecule has 1 aromatic heterocycles. The van der Waals surface area contributed by atoms with Crippen molar-refractivity contribution in [3.8, 4) is 0 Å². The van der Waals surface area contributed by atoms with Gasteiger partial charge in [-0.05, 0) is 53.6 Å². The van der Waals surface area contributed by atoms with E-state index in [-0.39, 0.29) is 17.4 Å². The average Bonchev–Trinajstić information content (AvgIpc) is 3.26. The second-order valence-electron chi connectivity index (χ2n) is 6.78. The fraction of sp³-hybridized carbons (Fsp3) is 0.136. The maximum Gasteiger partial charge on any atom is 0.294 e. The minimum atomic E-state index is -0.466. The first-order valence-corrected chi connectivity index (χ1v) is 10.5. The van der Waals surface area contributed by atoms with Crippen LogP contribution in [0.3, 0.4) is 0 Å². The Kier molecular flexibility index (Phi) is 5.92. The number of hydrogen-bond acceptors (Lipinski definition) is 4. The van der Waals surface area contributed by atoms with E-state index in [1.54, 1.807) is 30.3 Å². The molecule has 0 radical (unpaired) electrons. The van der Waals surface area contributed by atoms with Gasteiger partial charge in [0.05, 0.1) is 4.91 Å². The van der Waals surface area contributed by atoms with Gasteiger partial charge in [-0.1, -0.05) is 41.9 Å². The third-order valence-corrected chi connectivity index (χ3v) is 5.89. The number of rotatable bonds is 6. The minimum Gasteiger partial charge on any atom is -0.361 e. The normalized spacial score (nSPS) is 15.4. The van der Waals surface area contributed by atoms with Crippen LogP contribution in [0.1, 0.15) is 11.1 Å². The van der Waals surface area contributed by atoms with Crippen molar-refractivity contribution in [1.82, 2.24) is 15.2 Å². The number of amides is 3. The first kappa shape index (κ1) is 20.3. The van der Waals surface area contributed by atoms with Crippen LogP contribution in [0.5, 0.6) is 0 Å². The van der Waals surface area contributed by atoms with E-state index in [1.165, 1.54) is 0 Å². The van der Waals surface area contributed by atoms with Crippen LogP contribution in [-0.4, -0.2) is 40.0 Å². The average molecular weight is 440 g/mol. The lowest BCUT2D eigenvalue weighted by atomic mass is 10.1. The van der Waals surface area contributed by atoms with E-state index >= 15 is 0 Å². The van der Waals surface area contributed by atoms with Gasteiger partial charge < -0.3 is 10.3 Å². The largest absolute Gasteiger partial charge is 0.361 e. The predicted molar refractivity (Wildman–Crippen MR) is 119 cm³/mol. The Morgan fingerprint density at radius 1 is 1.13 bits per heavy atom. The lowest BCUT2D eigenvalue weighted by Crippen LogP contribution is -2.40. The van der Waals surface area contributed by atoms with Crippen LogP contribution in [0.2, 0.25) is 5.02 Å². The van der Waals surface area contributed by atoms with E-state index < -0.39 is 11.1 Å². The fourth-order valence-electron chi connectivity index (χ4n) is 3.22. The van der Waals surface area contributed by atoms with Crippen molar-refractivity contribution in [3.05, 3.63) is 75.8 Å². The van der Waals surface area contributed by atoms with Gasteiger partial charge in [0.2, 0.25) is 5.91 Å². The molecular weight excluding hydrogens is 422 g/mol. The Morgan fingerprint density at radius 2 is 1.90 bits per heavy atom. The Hall–Kier alpha value is -3.03. The van der Waals surface area contributed by atoms with Gasteiger partial charge >= 0.3 is 0 Å². The fourth-order valence-corrected chi connectivity index (χ4v) is 4.19. The number of thioether (sulfide) groups is 1. The molecule has 0 aliphatic carbocycles. The van der Waals surface area contributed by atoms with Gasteiger partial charge in [0, 0.05) is 28.7 Å². The summed E-state index contributed by atoms with van der Waals surface area (Å²) in [5.74, 6) is -0.836. The molecular formula is C22H18ClN3O3S. The first-order chi connectivity index (χ1) is 14.5. The number of halogens is 1. The van der Waals surface area contributed by atoms with E-state index in [9.17, 15) is 14.4 Å². The third-order valence-electron chi connectivity index (χ3n) is 4.73. The van der Waals surface area contributed by atoms with Gasteiger partial charge in [-0.3, -0.25) is 19.3 Å². The van der Waals surface area contributed by atoms with E-state index in [1.807, 2.05) is 30.5 Å². The number of hydrogen-bond donors (Lipinski definition) is 2. The number of aromatic amines is 1. The Morgan fingerprint density at radius 3 is 2.70 bits per heavy atom. The molecule has 1 aliphatic heterocycles. The van der Waals surface area contributed by atoms with Crippen LogP contribution in [0.15, 0.2) is 59.6 Å². The van der Waals surface area contributed by atoms with E-state index in [2.05, 4.69) is 10.3 Å². The topological polar surface area (TPSA) is 82.3 Å². The third kappa shape index (κ3) is 4.42. The van der Waals surface area contributed by atoms with E-state index in [4.69, 9.17) is 11.6 Å². The number of benzene rings is 2. The van der Waals surface area contributed by atoms with Gasteiger partial charge in [0.1, 0.15) is 6.54 Å². The van der Waals surface area contributed by atoms with E-state index in [0.717, 1.165) is 38.7 Å². The number of carbonyl (C=O) groups is 3. The van der Waals surface area contributed by atoms with Crippen LogP contribution in [0.4, 0.5) is 4.79 Å². The molecule has 2 aromatic carbocycles. The maximum atomic E-state index is 12.5. The molecule has 8 heteroatoms. The van der Waals surface area contributed by atoms with Crippen molar-refractivity contribution in [2.75, 3.05) is 13.1 Å². The Balaban J connectivity index is 1.33. The number of nitrogens with zero attached hydrogens (tertiary/aromatic N) is 1. The standard InChI is InChI=1S/C22H18ClN3O3S/c23-16-7-5-14(6-8-16)11-19-21(28)26(22(29)30-19)13-20(27)24-10-9-15-12-25-18-4-2-1-3-17(15)18/h1-8,11-12,25H,9-10,13H2,(H,24,27)/b19-11+. The maximum absolute atomic E-state index is 12.5. The number of para-hydroxylation sites is 1. The molecule has 0 atom stereocenters. The molecule has 152 valence electrons. The summed E-state index contributed by atoms with van der Waals surface area (Å²) < 4.78 is 0. The number of carbonyl (C=O) groups excluding carboxylic acids is 3. The van der Waals surface area contributed by atoms with Gasteiger partial charge in [-0.15, -0.1) is 0 Å². The SMILES string of the molecule is O=C(CN1C(=O)S/C(=C/c2ccc(Cl)cc2)C1=O)NCCc1c[nH]c2ccccc12. The quantitative estimate of drug-likeness (QED) is 0.563. The summed E-state index contributed by atoms with van der Waals surface area (Å²) in [7, 11) is 0. The van der Waals surface area contributed by atoms with Crippen LogP contribution in [-0.2, 0) is 16.0 Å².